The van der Waals surface area contributed by atoms with E-state index < -0.39 is 0 Å². The van der Waals surface area contributed by atoms with E-state index in [1.54, 1.807) is 0 Å². The van der Waals surface area contributed by atoms with Crippen molar-refractivity contribution in [1.82, 2.24) is 20.0 Å². The summed E-state index contributed by atoms with van der Waals surface area (Å²) < 4.78 is 13.4. The second-order valence-electron chi connectivity index (χ2n) is 7.31. The van der Waals surface area contributed by atoms with Crippen LogP contribution in [0.2, 0.25) is 0 Å². The van der Waals surface area contributed by atoms with Gasteiger partial charge in [-0.25, -0.2) is 4.79 Å². The molecule has 1 unspecified atom stereocenters. The second kappa shape index (κ2) is 7.74. The lowest BCUT2D eigenvalue weighted by Gasteiger charge is -2.24. The van der Waals surface area contributed by atoms with Gasteiger partial charge in [-0.3, -0.25) is 4.68 Å². The van der Waals surface area contributed by atoms with Gasteiger partial charge >= 0.3 is 6.03 Å². The quantitative estimate of drug-likeness (QED) is 0.900. The number of ether oxygens (including phenoxy) is 2. The van der Waals surface area contributed by atoms with Gasteiger partial charge in [0.25, 0.3) is 0 Å². The number of fused-ring (bicyclic) bond motifs is 1. The van der Waals surface area contributed by atoms with E-state index in [2.05, 4.69) is 16.2 Å². The Balaban J connectivity index is 1.36. The van der Waals surface area contributed by atoms with Crippen LogP contribution in [-0.4, -0.2) is 60.2 Å². The van der Waals surface area contributed by atoms with E-state index in [0.717, 1.165) is 70.6 Å². The third-order valence-electron chi connectivity index (χ3n) is 5.48. The molecule has 4 heterocycles. The number of nitrogens with zero attached hydrogens (tertiary/aromatic N) is 3. The Kier molecular flexibility index (Phi) is 5.22. The highest BCUT2D eigenvalue weighted by molar-refractivity contribution is 5.74. The van der Waals surface area contributed by atoms with Crippen molar-refractivity contribution in [3.63, 3.8) is 0 Å². The largest absolute Gasteiger partial charge is 0.381 e. The van der Waals surface area contributed by atoms with Crippen LogP contribution in [0.1, 0.15) is 43.0 Å². The maximum atomic E-state index is 12.2. The van der Waals surface area contributed by atoms with Gasteiger partial charge in [-0.05, 0) is 43.6 Å². The highest BCUT2D eigenvalue weighted by Gasteiger charge is 2.27. The van der Waals surface area contributed by atoms with Crippen LogP contribution in [0, 0.1) is 5.92 Å². The minimum absolute atomic E-state index is 0.0230. The first kappa shape index (κ1) is 16.8. The number of hydrogen-bond donors (Lipinski definition) is 1. The van der Waals surface area contributed by atoms with Crippen LogP contribution in [0.4, 0.5) is 4.79 Å². The molecule has 7 heteroatoms. The Morgan fingerprint density at radius 2 is 2.04 bits per heavy atom. The predicted molar refractivity (Wildman–Crippen MR) is 92.4 cm³/mol. The standard InChI is InChI=1S/C18H28N4O3/c23-18(21-6-1-2-7-21)19-11-16-17-15(5-10-25-16)13-22(20-17)12-14-3-8-24-9-4-14/h13-14,16H,1-12H2,(H,19,23). The van der Waals surface area contributed by atoms with Crippen LogP contribution in [0.15, 0.2) is 6.20 Å². The summed E-state index contributed by atoms with van der Waals surface area (Å²) in [5.41, 5.74) is 2.26. The summed E-state index contributed by atoms with van der Waals surface area (Å²) in [4.78, 5) is 14.1. The lowest BCUT2D eigenvalue weighted by molar-refractivity contribution is 0.0398. The summed E-state index contributed by atoms with van der Waals surface area (Å²) in [6.45, 7) is 5.59. The number of rotatable bonds is 4. The summed E-state index contributed by atoms with van der Waals surface area (Å²) in [5, 5.41) is 7.81. The van der Waals surface area contributed by atoms with E-state index in [-0.39, 0.29) is 12.1 Å². The molecule has 3 aliphatic heterocycles. The van der Waals surface area contributed by atoms with Crippen LogP contribution in [-0.2, 0) is 22.4 Å². The zero-order valence-corrected chi connectivity index (χ0v) is 14.8. The smallest absolute Gasteiger partial charge is 0.317 e. The number of likely N-dealkylation sites (tertiary alicyclic amines) is 1. The average Bonchev–Trinajstić information content (AvgIpc) is 3.30. The van der Waals surface area contributed by atoms with E-state index in [9.17, 15) is 4.79 Å². The van der Waals surface area contributed by atoms with Crippen molar-refractivity contribution in [2.24, 2.45) is 5.92 Å². The molecule has 0 bridgehead atoms. The summed E-state index contributed by atoms with van der Waals surface area (Å²) in [6, 6.07) is 0.0230. The molecule has 3 aliphatic rings. The number of aromatic nitrogens is 2. The van der Waals surface area contributed by atoms with Gasteiger partial charge in [0.05, 0.1) is 18.8 Å². The van der Waals surface area contributed by atoms with E-state index in [0.29, 0.717) is 19.1 Å². The Bertz CT molecular complexity index is 591. The summed E-state index contributed by atoms with van der Waals surface area (Å²) >= 11 is 0. The Hall–Kier alpha value is -1.60. The van der Waals surface area contributed by atoms with Crippen LogP contribution in [0.25, 0.3) is 0 Å². The fraction of sp³-hybridized carbons (Fsp3) is 0.778. The van der Waals surface area contributed by atoms with Crippen molar-refractivity contribution in [3.05, 3.63) is 17.5 Å². The molecule has 0 saturated carbocycles. The third kappa shape index (κ3) is 3.98. The summed E-state index contributed by atoms with van der Waals surface area (Å²) in [5.74, 6) is 0.643. The van der Waals surface area contributed by atoms with E-state index in [1.807, 2.05) is 4.90 Å². The van der Waals surface area contributed by atoms with Gasteiger partial charge in [0.2, 0.25) is 0 Å². The molecule has 4 rings (SSSR count). The van der Waals surface area contributed by atoms with E-state index in [4.69, 9.17) is 14.6 Å². The number of amides is 2. The normalized spacial score (nSPS) is 24.3. The van der Waals surface area contributed by atoms with Crippen molar-refractivity contribution in [1.29, 1.82) is 0 Å². The monoisotopic (exact) mass is 348 g/mol. The molecule has 0 spiro atoms. The summed E-state index contributed by atoms with van der Waals surface area (Å²) in [7, 11) is 0. The van der Waals surface area contributed by atoms with Crippen LogP contribution < -0.4 is 5.32 Å². The number of hydrogen-bond acceptors (Lipinski definition) is 4. The molecular formula is C18H28N4O3. The lowest BCUT2D eigenvalue weighted by Crippen LogP contribution is -2.40. The zero-order valence-electron chi connectivity index (χ0n) is 14.8. The molecule has 7 nitrogen and oxygen atoms in total. The van der Waals surface area contributed by atoms with Gasteiger partial charge < -0.3 is 19.7 Å². The number of urea groups is 1. The van der Waals surface area contributed by atoms with E-state index >= 15 is 0 Å². The SMILES string of the molecule is O=C(NCC1OCCc2cn(CC3CCOCC3)nc21)N1CCCC1. The third-order valence-corrected chi connectivity index (χ3v) is 5.48. The molecule has 1 N–H and O–H groups in total. The maximum absolute atomic E-state index is 12.2. The van der Waals surface area contributed by atoms with Gasteiger partial charge in [0.1, 0.15) is 6.10 Å². The molecule has 138 valence electrons. The first-order valence-electron chi connectivity index (χ1n) is 9.58. The van der Waals surface area contributed by atoms with Crippen LogP contribution in [0.3, 0.4) is 0 Å². The molecule has 1 atom stereocenters. The highest BCUT2D eigenvalue weighted by atomic mass is 16.5. The van der Waals surface area contributed by atoms with Gasteiger partial charge in [-0.1, -0.05) is 0 Å². The molecule has 0 aromatic carbocycles. The minimum atomic E-state index is -0.133. The molecule has 0 radical (unpaired) electrons. The average molecular weight is 348 g/mol. The summed E-state index contributed by atoms with van der Waals surface area (Å²) in [6.07, 6.45) is 7.36. The van der Waals surface area contributed by atoms with Crippen molar-refractivity contribution in [2.45, 2.75) is 44.8 Å². The van der Waals surface area contributed by atoms with Gasteiger partial charge in [0, 0.05) is 39.0 Å². The van der Waals surface area contributed by atoms with Crippen molar-refractivity contribution in [2.75, 3.05) is 39.5 Å². The fourth-order valence-corrected chi connectivity index (χ4v) is 3.99. The first-order chi connectivity index (χ1) is 12.3. The van der Waals surface area contributed by atoms with Crippen molar-refractivity contribution in [3.8, 4) is 0 Å². The second-order valence-corrected chi connectivity index (χ2v) is 7.31. The topological polar surface area (TPSA) is 68.6 Å². The molecule has 1 aromatic rings. The van der Waals surface area contributed by atoms with Gasteiger partial charge in [-0.2, -0.15) is 5.10 Å². The number of carbonyl (C=O) groups is 1. The molecule has 2 saturated heterocycles. The predicted octanol–water partition coefficient (Wildman–Crippen LogP) is 1.73. The van der Waals surface area contributed by atoms with Crippen LogP contribution >= 0.6 is 0 Å². The number of nitrogens with one attached hydrogen (secondary N) is 1. The molecule has 25 heavy (non-hydrogen) atoms. The molecule has 2 fully saturated rings. The van der Waals surface area contributed by atoms with Crippen molar-refractivity contribution >= 4 is 6.03 Å². The van der Waals surface area contributed by atoms with Crippen LogP contribution in [0.5, 0.6) is 0 Å². The van der Waals surface area contributed by atoms with E-state index in [1.165, 1.54) is 5.56 Å². The Morgan fingerprint density at radius 3 is 2.84 bits per heavy atom. The van der Waals surface area contributed by atoms with Gasteiger partial charge in [-0.15, -0.1) is 0 Å². The van der Waals surface area contributed by atoms with Gasteiger partial charge in [0.15, 0.2) is 0 Å². The highest BCUT2D eigenvalue weighted by Crippen LogP contribution is 2.26. The molecular weight excluding hydrogens is 320 g/mol. The fourth-order valence-electron chi connectivity index (χ4n) is 3.99. The minimum Gasteiger partial charge on any atom is -0.381 e. The zero-order chi connectivity index (χ0) is 17.1. The molecule has 2 amide bonds. The number of carbonyl (C=O) groups excluding carboxylic acids is 1. The lowest BCUT2D eigenvalue weighted by atomic mass is 10.0. The molecule has 0 aliphatic carbocycles. The van der Waals surface area contributed by atoms with Crippen molar-refractivity contribution < 1.29 is 14.3 Å². The Morgan fingerprint density at radius 1 is 1.24 bits per heavy atom. The Labute approximate surface area is 148 Å². The molecule has 1 aromatic heterocycles. The first-order valence-corrected chi connectivity index (χ1v) is 9.58. The maximum Gasteiger partial charge on any atom is 0.317 e.